The van der Waals surface area contributed by atoms with Crippen molar-refractivity contribution in [3.63, 3.8) is 0 Å². The van der Waals surface area contributed by atoms with Gasteiger partial charge >= 0.3 is 0 Å². The third-order valence-electron chi connectivity index (χ3n) is 4.33. The van der Waals surface area contributed by atoms with Gasteiger partial charge in [-0.2, -0.15) is 0 Å². The lowest BCUT2D eigenvalue weighted by molar-refractivity contribution is 0.208. The molecule has 0 bridgehead atoms. The lowest BCUT2D eigenvalue weighted by Crippen LogP contribution is -2.47. The molecule has 0 amide bonds. The standard InChI is InChI=1S/C13H27N3/c1-14-11-3-5-12(6-4-11)15-13-7-9-16(2)10-8-13/h11-15H,3-10H2,1-2H3. The van der Waals surface area contributed by atoms with Crippen molar-refractivity contribution in [1.29, 1.82) is 0 Å². The zero-order valence-electron chi connectivity index (χ0n) is 10.8. The maximum absolute atomic E-state index is 3.87. The maximum Gasteiger partial charge on any atom is 0.00939 e. The van der Waals surface area contributed by atoms with Gasteiger partial charge in [0, 0.05) is 18.1 Å². The Balaban J connectivity index is 1.66. The van der Waals surface area contributed by atoms with Crippen molar-refractivity contribution >= 4 is 0 Å². The third-order valence-corrected chi connectivity index (χ3v) is 4.33. The summed E-state index contributed by atoms with van der Waals surface area (Å²) < 4.78 is 0. The molecule has 2 N–H and O–H groups in total. The van der Waals surface area contributed by atoms with E-state index in [2.05, 4.69) is 29.6 Å². The summed E-state index contributed by atoms with van der Waals surface area (Å²) in [6, 6.07) is 2.35. The molecule has 1 aliphatic carbocycles. The van der Waals surface area contributed by atoms with E-state index < -0.39 is 0 Å². The normalized spacial score (nSPS) is 34.1. The molecule has 94 valence electrons. The largest absolute Gasteiger partial charge is 0.317 e. The second kappa shape index (κ2) is 5.99. The lowest BCUT2D eigenvalue weighted by atomic mass is 9.90. The van der Waals surface area contributed by atoms with Crippen LogP contribution in [0.4, 0.5) is 0 Å². The minimum atomic E-state index is 0.774. The average Bonchev–Trinajstić information content (AvgIpc) is 2.33. The number of nitrogens with one attached hydrogen (secondary N) is 2. The van der Waals surface area contributed by atoms with E-state index in [4.69, 9.17) is 0 Å². The monoisotopic (exact) mass is 225 g/mol. The zero-order valence-corrected chi connectivity index (χ0v) is 10.8. The molecule has 3 heteroatoms. The fourth-order valence-electron chi connectivity index (χ4n) is 3.06. The average molecular weight is 225 g/mol. The van der Waals surface area contributed by atoms with Gasteiger partial charge in [-0.1, -0.05) is 0 Å². The van der Waals surface area contributed by atoms with E-state index in [0.717, 1.165) is 18.1 Å². The van der Waals surface area contributed by atoms with Crippen LogP contribution >= 0.6 is 0 Å². The van der Waals surface area contributed by atoms with Crippen LogP contribution in [-0.2, 0) is 0 Å². The molecule has 0 radical (unpaired) electrons. The number of rotatable bonds is 3. The van der Waals surface area contributed by atoms with Gasteiger partial charge in [-0.05, 0) is 65.7 Å². The molecule has 1 saturated carbocycles. The van der Waals surface area contributed by atoms with Crippen molar-refractivity contribution in [2.45, 2.75) is 56.7 Å². The van der Waals surface area contributed by atoms with Crippen LogP contribution in [0.3, 0.4) is 0 Å². The van der Waals surface area contributed by atoms with E-state index in [-0.39, 0.29) is 0 Å². The summed E-state index contributed by atoms with van der Waals surface area (Å²) in [6.45, 7) is 2.53. The molecule has 0 aromatic rings. The summed E-state index contributed by atoms with van der Waals surface area (Å²) in [5.41, 5.74) is 0. The second-order valence-corrected chi connectivity index (χ2v) is 5.58. The van der Waals surface area contributed by atoms with Crippen LogP contribution in [0, 0.1) is 0 Å². The van der Waals surface area contributed by atoms with Crippen molar-refractivity contribution in [2.75, 3.05) is 27.2 Å². The van der Waals surface area contributed by atoms with Gasteiger partial charge in [0.05, 0.1) is 0 Å². The molecular formula is C13H27N3. The predicted octanol–water partition coefficient (Wildman–Crippen LogP) is 1.20. The summed E-state index contributed by atoms with van der Waals surface area (Å²) in [5, 5.41) is 7.27. The Labute approximate surface area is 100.0 Å². The van der Waals surface area contributed by atoms with Gasteiger partial charge in [0.1, 0.15) is 0 Å². The zero-order chi connectivity index (χ0) is 11.4. The Morgan fingerprint density at radius 1 is 0.812 bits per heavy atom. The molecule has 1 heterocycles. The van der Waals surface area contributed by atoms with Crippen LogP contribution in [0.5, 0.6) is 0 Å². The fourth-order valence-corrected chi connectivity index (χ4v) is 3.06. The quantitative estimate of drug-likeness (QED) is 0.756. The molecule has 0 unspecified atom stereocenters. The molecule has 0 atom stereocenters. The Morgan fingerprint density at radius 2 is 1.31 bits per heavy atom. The molecule has 1 saturated heterocycles. The van der Waals surface area contributed by atoms with Crippen molar-refractivity contribution in [1.82, 2.24) is 15.5 Å². The summed E-state index contributed by atoms with van der Waals surface area (Å²) in [6.07, 6.45) is 8.09. The smallest absolute Gasteiger partial charge is 0.00939 e. The van der Waals surface area contributed by atoms with Crippen molar-refractivity contribution in [2.24, 2.45) is 0 Å². The first-order valence-electron chi connectivity index (χ1n) is 6.90. The first-order chi connectivity index (χ1) is 7.78. The Kier molecular flexibility index (Phi) is 4.62. The van der Waals surface area contributed by atoms with Crippen molar-refractivity contribution in [3.05, 3.63) is 0 Å². The number of likely N-dealkylation sites (tertiary alicyclic amines) is 1. The highest BCUT2D eigenvalue weighted by atomic mass is 15.1. The highest BCUT2D eigenvalue weighted by molar-refractivity contribution is 4.84. The highest BCUT2D eigenvalue weighted by Gasteiger charge is 2.23. The van der Waals surface area contributed by atoms with E-state index in [1.807, 2.05) is 0 Å². The fraction of sp³-hybridized carbons (Fsp3) is 1.00. The Hall–Kier alpha value is -0.120. The van der Waals surface area contributed by atoms with E-state index >= 15 is 0 Å². The van der Waals surface area contributed by atoms with Crippen LogP contribution in [0.15, 0.2) is 0 Å². The van der Waals surface area contributed by atoms with Crippen LogP contribution in [0.2, 0.25) is 0 Å². The van der Waals surface area contributed by atoms with Crippen molar-refractivity contribution < 1.29 is 0 Å². The van der Waals surface area contributed by atoms with Gasteiger partial charge in [-0.3, -0.25) is 0 Å². The maximum atomic E-state index is 3.87. The molecule has 2 aliphatic rings. The number of nitrogens with zero attached hydrogens (tertiary/aromatic N) is 1. The van der Waals surface area contributed by atoms with E-state index in [1.165, 1.54) is 51.6 Å². The Morgan fingerprint density at radius 3 is 1.88 bits per heavy atom. The van der Waals surface area contributed by atoms with Gasteiger partial charge in [0.2, 0.25) is 0 Å². The van der Waals surface area contributed by atoms with Crippen LogP contribution in [0.1, 0.15) is 38.5 Å². The highest BCUT2D eigenvalue weighted by Crippen LogP contribution is 2.20. The molecule has 1 aliphatic heterocycles. The molecule has 2 rings (SSSR count). The van der Waals surface area contributed by atoms with Crippen LogP contribution < -0.4 is 10.6 Å². The van der Waals surface area contributed by atoms with Gasteiger partial charge in [-0.25, -0.2) is 0 Å². The summed E-state index contributed by atoms with van der Waals surface area (Å²) in [4.78, 5) is 2.44. The first-order valence-corrected chi connectivity index (χ1v) is 6.90. The molecule has 2 fully saturated rings. The molecular weight excluding hydrogens is 198 g/mol. The SMILES string of the molecule is CNC1CCC(NC2CCN(C)CC2)CC1. The summed E-state index contributed by atoms with van der Waals surface area (Å²) >= 11 is 0. The molecule has 16 heavy (non-hydrogen) atoms. The van der Waals surface area contributed by atoms with Crippen LogP contribution in [0.25, 0.3) is 0 Å². The minimum Gasteiger partial charge on any atom is -0.317 e. The van der Waals surface area contributed by atoms with Gasteiger partial charge in [-0.15, -0.1) is 0 Å². The van der Waals surface area contributed by atoms with Gasteiger partial charge < -0.3 is 15.5 Å². The third kappa shape index (κ3) is 3.44. The molecule has 0 aromatic heterocycles. The molecule has 0 spiro atoms. The second-order valence-electron chi connectivity index (χ2n) is 5.58. The molecule has 3 nitrogen and oxygen atoms in total. The van der Waals surface area contributed by atoms with Gasteiger partial charge in [0.25, 0.3) is 0 Å². The van der Waals surface area contributed by atoms with E-state index in [0.29, 0.717) is 0 Å². The Bertz CT molecular complexity index is 191. The van der Waals surface area contributed by atoms with Crippen molar-refractivity contribution in [3.8, 4) is 0 Å². The number of hydrogen-bond acceptors (Lipinski definition) is 3. The first kappa shape index (κ1) is 12.3. The molecule has 0 aromatic carbocycles. The van der Waals surface area contributed by atoms with E-state index in [9.17, 15) is 0 Å². The van der Waals surface area contributed by atoms with E-state index in [1.54, 1.807) is 0 Å². The topological polar surface area (TPSA) is 27.3 Å². The minimum absolute atomic E-state index is 0.774. The van der Waals surface area contributed by atoms with Gasteiger partial charge in [0.15, 0.2) is 0 Å². The predicted molar refractivity (Wildman–Crippen MR) is 68.8 cm³/mol. The lowest BCUT2D eigenvalue weighted by Gasteiger charge is -2.35. The van der Waals surface area contributed by atoms with Crippen LogP contribution in [-0.4, -0.2) is 50.2 Å². The summed E-state index contributed by atoms with van der Waals surface area (Å²) in [7, 11) is 4.32. The number of hydrogen-bond donors (Lipinski definition) is 2. The summed E-state index contributed by atoms with van der Waals surface area (Å²) in [5.74, 6) is 0. The number of piperidine rings is 1.